The molecule has 0 unspecified atom stereocenters. The first-order valence-corrected chi connectivity index (χ1v) is 9.42. The number of aromatic nitrogens is 3. The van der Waals surface area contributed by atoms with Gasteiger partial charge in [0.05, 0.1) is 12.8 Å². The quantitative estimate of drug-likeness (QED) is 0.656. The highest BCUT2D eigenvalue weighted by atomic mass is 19.1. The molecule has 152 valence electrons. The topological polar surface area (TPSA) is 98.3 Å². The number of hydrogen-bond acceptors (Lipinski definition) is 6. The summed E-state index contributed by atoms with van der Waals surface area (Å²) in [4.78, 5) is 18.6. The van der Waals surface area contributed by atoms with E-state index < -0.39 is 5.82 Å². The number of halogens is 1. The number of nitrogens with one attached hydrogen (secondary N) is 1. The van der Waals surface area contributed by atoms with Crippen LogP contribution in [0.5, 0.6) is 5.75 Å². The molecule has 1 aromatic carbocycles. The fourth-order valence-electron chi connectivity index (χ4n) is 3.60. The number of anilines is 3. The molecule has 0 spiro atoms. The number of methoxy groups -OCH3 is 1. The lowest BCUT2D eigenvalue weighted by Gasteiger charge is -2.24. The van der Waals surface area contributed by atoms with E-state index in [0.717, 1.165) is 12.1 Å². The third-order valence-electron chi connectivity index (χ3n) is 5.14. The highest BCUT2D eigenvalue weighted by Gasteiger charge is 2.23. The smallest absolute Gasteiger partial charge is 0.244 e. The van der Waals surface area contributed by atoms with Crippen LogP contribution in [-0.4, -0.2) is 45.3 Å². The van der Waals surface area contributed by atoms with Crippen LogP contribution < -0.4 is 15.8 Å². The van der Waals surface area contributed by atoms with E-state index in [2.05, 4.69) is 15.4 Å². The maximum absolute atomic E-state index is 14.1. The first-order valence-electron chi connectivity index (χ1n) is 9.42. The molecule has 0 atom stereocenters. The Balaban J connectivity index is 1.60. The summed E-state index contributed by atoms with van der Waals surface area (Å²) in [6.45, 7) is 4.91. The standard InChI is InChI=1S/C20H23FN6O2/c1-11(2)26-5-4-13-8-17(25-27(13)10-18(26)28)24-16-7-12-6-15(29-3)19(21)20(22)14(12)9-23-16/h6-9,11H,4-5,10,22H2,1-3H3,(H,23,24,25). The number of carbonyl (C=O) groups is 1. The van der Waals surface area contributed by atoms with Crippen molar-refractivity contribution in [3.63, 3.8) is 0 Å². The van der Waals surface area contributed by atoms with Gasteiger partial charge in [-0.15, -0.1) is 0 Å². The van der Waals surface area contributed by atoms with E-state index in [9.17, 15) is 9.18 Å². The van der Waals surface area contributed by atoms with Crippen LogP contribution in [0.1, 0.15) is 19.5 Å². The number of nitrogens with two attached hydrogens (primary N) is 1. The monoisotopic (exact) mass is 398 g/mol. The molecule has 3 N–H and O–H groups in total. The summed E-state index contributed by atoms with van der Waals surface area (Å²) in [6.07, 6.45) is 2.25. The van der Waals surface area contributed by atoms with Crippen LogP contribution >= 0.6 is 0 Å². The van der Waals surface area contributed by atoms with Gasteiger partial charge in [0.2, 0.25) is 5.91 Å². The Morgan fingerprint density at radius 1 is 1.28 bits per heavy atom. The zero-order valence-corrected chi connectivity index (χ0v) is 16.6. The fourth-order valence-corrected chi connectivity index (χ4v) is 3.60. The Kier molecular flexibility index (Phi) is 4.73. The number of rotatable bonds is 4. The van der Waals surface area contributed by atoms with Crippen LogP contribution in [0.15, 0.2) is 24.4 Å². The number of benzene rings is 1. The van der Waals surface area contributed by atoms with Gasteiger partial charge in [-0.2, -0.15) is 5.10 Å². The van der Waals surface area contributed by atoms with Crippen molar-refractivity contribution < 1.29 is 13.9 Å². The minimum atomic E-state index is -0.597. The molecule has 8 nitrogen and oxygen atoms in total. The largest absolute Gasteiger partial charge is 0.494 e. The molecule has 1 amide bonds. The molecular formula is C20H23FN6O2. The average molecular weight is 398 g/mol. The van der Waals surface area contributed by atoms with Crippen molar-refractivity contribution in [1.82, 2.24) is 19.7 Å². The van der Waals surface area contributed by atoms with E-state index in [1.165, 1.54) is 13.3 Å². The van der Waals surface area contributed by atoms with Crippen molar-refractivity contribution in [2.75, 3.05) is 24.7 Å². The summed E-state index contributed by atoms with van der Waals surface area (Å²) >= 11 is 0. The second-order valence-electron chi connectivity index (χ2n) is 7.33. The number of pyridine rings is 1. The Morgan fingerprint density at radius 3 is 2.79 bits per heavy atom. The molecule has 3 heterocycles. The van der Waals surface area contributed by atoms with Crippen molar-refractivity contribution in [3.8, 4) is 5.75 Å². The fraction of sp³-hybridized carbons (Fsp3) is 0.350. The molecule has 0 radical (unpaired) electrons. The van der Waals surface area contributed by atoms with Crippen LogP contribution in [0.4, 0.5) is 21.7 Å². The predicted octanol–water partition coefficient (Wildman–Crippen LogP) is 2.70. The summed E-state index contributed by atoms with van der Waals surface area (Å²) < 4.78 is 20.9. The minimum Gasteiger partial charge on any atom is -0.494 e. The minimum absolute atomic E-state index is 0.000301. The van der Waals surface area contributed by atoms with Gasteiger partial charge in [0.1, 0.15) is 12.4 Å². The summed E-state index contributed by atoms with van der Waals surface area (Å²) in [7, 11) is 1.39. The van der Waals surface area contributed by atoms with Gasteiger partial charge < -0.3 is 20.7 Å². The Labute approximate surface area is 167 Å². The number of fused-ring (bicyclic) bond motifs is 2. The van der Waals surface area contributed by atoms with E-state index in [1.54, 1.807) is 16.8 Å². The summed E-state index contributed by atoms with van der Waals surface area (Å²) in [6, 6.07) is 5.42. The molecule has 0 bridgehead atoms. The molecule has 1 aliphatic heterocycles. The van der Waals surface area contributed by atoms with Crippen molar-refractivity contribution in [2.24, 2.45) is 0 Å². The molecule has 2 aromatic heterocycles. The molecular weight excluding hydrogens is 375 g/mol. The highest BCUT2D eigenvalue weighted by molar-refractivity contribution is 5.95. The third kappa shape index (κ3) is 3.43. The molecule has 9 heteroatoms. The molecule has 0 fully saturated rings. The third-order valence-corrected chi connectivity index (χ3v) is 5.14. The number of carbonyl (C=O) groups excluding carboxylic acids is 1. The predicted molar refractivity (Wildman–Crippen MR) is 109 cm³/mol. The first kappa shape index (κ1) is 19.0. The van der Waals surface area contributed by atoms with E-state index in [1.807, 2.05) is 24.8 Å². The summed E-state index contributed by atoms with van der Waals surface area (Å²) in [5.41, 5.74) is 6.84. The van der Waals surface area contributed by atoms with Crippen LogP contribution in [0.2, 0.25) is 0 Å². The number of hydrogen-bond donors (Lipinski definition) is 2. The van der Waals surface area contributed by atoms with Gasteiger partial charge in [0.15, 0.2) is 17.4 Å². The molecule has 4 rings (SSSR count). The molecule has 3 aromatic rings. The lowest BCUT2D eigenvalue weighted by atomic mass is 10.1. The number of nitrogen functional groups attached to an aromatic ring is 1. The maximum atomic E-state index is 14.1. The van der Waals surface area contributed by atoms with Crippen molar-refractivity contribution in [3.05, 3.63) is 35.9 Å². The summed E-state index contributed by atoms with van der Waals surface area (Å²) in [5.74, 6) is 0.671. The van der Waals surface area contributed by atoms with Crippen molar-refractivity contribution in [2.45, 2.75) is 32.9 Å². The van der Waals surface area contributed by atoms with Crippen molar-refractivity contribution in [1.29, 1.82) is 0 Å². The maximum Gasteiger partial charge on any atom is 0.244 e. The molecule has 1 aliphatic rings. The van der Waals surface area contributed by atoms with Gasteiger partial charge >= 0.3 is 0 Å². The lowest BCUT2D eigenvalue weighted by Crippen LogP contribution is -2.38. The van der Waals surface area contributed by atoms with E-state index in [4.69, 9.17) is 10.5 Å². The first-order chi connectivity index (χ1) is 13.9. The molecule has 0 saturated carbocycles. The Hall–Kier alpha value is -3.36. The second-order valence-corrected chi connectivity index (χ2v) is 7.33. The zero-order chi connectivity index (χ0) is 20.7. The average Bonchev–Trinajstić information content (AvgIpc) is 2.97. The van der Waals surface area contributed by atoms with Gasteiger partial charge in [-0.3, -0.25) is 9.48 Å². The Bertz CT molecular complexity index is 1090. The van der Waals surface area contributed by atoms with Gasteiger partial charge in [-0.25, -0.2) is 9.37 Å². The van der Waals surface area contributed by atoms with Gasteiger partial charge in [0.25, 0.3) is 0 Å². The lowest BCUT2D eigenvalue weighted by molar-refractivity contribution is -0.133. The normalized spacial score (nSPS) is 14.2. The van der Waals surface area contributed by atoms with E-state index in [-0.39, 0.29) is 29.9 Å². The van der Waals surface area contributed by atoms with Crippen LogP contribution in [0.3, 0.4) is 0 Å². The van der Waals surface area contributed by atoms with Crippen LogP contribution in [-0.2, 0) is 17.8 Å². The summed E-state index contributed by atoms with van der Waals surface area (Å²) in [5, 5.41) is 8.86. The molecule has 0 saturated heterocycles. The van der Waals surface area contributed by atoms with Crippen molar-refractivity contribution >= 4 is 34.0 Å². The second kappa shape index (κ2) is 7.23. The molecule has 29 heavy (non-hydrogen) atoms. The Morgan fingerprint density at radius 2 is 2.07 bits per heavy atom. The van der Waals surface area contributed by atoms with E-state index in [0.29, 0.717) is 29.0 Å². The number of ether oxygens (including phenoxy) is 1. The van der Waals surface area contributed by atoms with E-state index >= 15 is 0 Å². The van der Waals surface area contributed by atoms with Gasteiger partial charge in [-0.1, -0.05) is 0 Å². The SMILES string of the molecule is COc1cc2cc(Nc3cc4n(n3)CC(=O)N(C(C)C)CC4)ncc2c(N)c1F. The molecule has 0 aliphatic carbocycles. The highest BCUT2D eigenvalue weighted by Crippen LogP contribution is 2.32. The van der Waals surface area contributed by atoms with Crippen LogP contribution in [0, 0.1) is 5.82 Å². The van der Waals surface area contributed by atoms with Gasteiger partial charge in [-0.05, 0) is 31.4 Å². The number of amides is 1. The zero-order valence-electron chi connectivity index (χ0n) is 16.6. The number of nitrogens with zero attached hydrogens (tertiary/aromatic N) is 4. The van der Waals surface area contributed by atoms with Gasteiger partial charge in [0, 0.05) is 42.4 Å². The van der Waals surface area contributed by atoms with Crippen LogP contribution in [0.25, 0.3) is 10.8 Å².